The van der Waals surface area contributed by atoms with Crippen LogP contribution in [-0.4, -0.2) is 39.8 Å². The standard InChI is InChI=1S/C31H47N3O3S/c1-21(2)26-18-24(12-13-29(26)38(36)33-31(4,5)6)28-19-27(30(35)32-25-14-16-37-17-15-25)22(3)34(28)20-23-10-8-7-9-11-23/h12-13,18-19,21,23,25,33H,7-11,14-17,20H2,1-6H3,(H,32,35). The smallest absolute Gasteiger partial charge is 0.253 e. The Labute approximate surface area is 232 Å². The van der Waals surface area contributed by atoms with Gasteiger partial charge in [-0.2, -0.15) is 0 Å². The van der Waals surface area contributed by atoms with Crippen LogP contribution in [-0.2, 0) is 22.6 Å². The van der Waals surface area contributed by atoms with E-state index >= 15 is 0 Å². The Morgan fingerprint density at radius 1 is 1.11 bits per heavy atom. The topological polar surface area (TPSA) is 78.3 Å². The first kappa shape index (κ1) is 29.2. The molecule has 2 aromatic rings. The number of hydrogen-bond acceptors (Lipinski definition) is 4. The molecule has 1 atom stereocenters. The molecular formula is C31H47N3O3S. The summed E-state index contributed by atoms with van der Waals surface area (Å²) in [5.41, 5.74) is 4.77. The normalized spacial score (nSPS) is 18.6. The Balaban J connectivity index is 1.71. The van der Waals surface area contributed by atoms with Crippen molar-refractivity contribution in [2.45, 2.75) is 115 Å². The fourth-order valence-electron chi connectivity index (χ4n) is 5.74. The van der Waals surface area contributed by atoms with Crippen LogP contribution in [0.25, 0.3) is 11.3 Å². The maximum absolute atomic E-state index is 13.5. The number of carbonyl (C=O) groups excluding carboxylic acids is 1. The average molecular weight is 542 g/mol. The van der Waals surface area contributed by atoms with Gasteiger partial charge in [-0.1, -0.05) is 33.1 Å². The second-order valence-electron chi connectivity index (χ2n) is 12.5. The minimum atomic E-state index is -1.30. The molecule has 1 amide bonds. The molecule has 0 radical (unpaired) electrons. The molecule has 4 rings (SSSR count). The van der Waals surface area contributed by atoms with Gasteiger partial charge in [-0.25, -0.2) is 0 Å². The summed E-state index contributed by atoms with van der Waals surface area (Å²) in [6.07, 6.45) is 8.11. The van der Waals surface area contributed by atoms with Crippen molar-refractivity contribution >= 4 is 17.3 Å². The van der Waals surface area contributed by atoms with Crippen molar-refractivity contribution in [3.05, 3.63) is 41.1 Å². The van der Waals surface area contributed by atoms with Gasteiger partial charge >= 0.3 is 0 Å². The van der Waals surface area contributed by atoms with Crippen LogP contribution in [0.3, 0.4) is 0 Å². The van der Waals surface area contributed by atoms with E-state index in [4.69, 9.17) is 4.74 Å². The molecule has 2 heterocycles. The van der Waals surface area contributed by atoms with Gasteiger partial charge in [0, 0.05) is 42.8 Å². The van der Waals surface area contributed by atoms with E-state index < -0.39 is 11.4 Å². The molecular weight excluding hydrogens is 494 g/mol. The van der Waals surface area contributed by atoms with Crippen molar-refractivity contribution < 1.29 is 14.1 Å². The van der Waals surface area contributed by atoms with Gasteiger partial charge in [-0.15, -0.1) is 4.72 Å². The number of benzene rings is 1. The number of rotatable bonds is 8. The van der Waals surface area contributed by atoms with Crippen LogP contribution in [0.4, 0.5) is 0 Å². The lowest BCUT2D eigenvalue weighted by molar-refractivity contribution is 0.0696. The van der Waals surface area contributed by atoms with Gasteiger partial charge in [0.25, 0.3) is 5.91 Å². The van der Waals surface area contributed by atoms with Crippen LogP contribution in [0.2, 0.25) is 0 Å². The van der Waals surface area contributed by atoms with Gasteiger partial charge in [0.15, 0.2) is 4.90 Å². The summed E-state index contributed by atoms with van der Waals surface area (Å²) in [5, 5.41) is 3.27. The van der Waals surface area contributed by atoms with Crippen molar-refractivity contribution in [1.82, 2.24) is 14.6 Å². The van der Waals surface area contributed by atoms with Crippen LogP contribution >= 0.6 is 0 Å². The number of nitrogens with one attached hydrogen (secondary N) is 2. The first-order valence-electron chi connectivity index (χ1n) is 14.5. The van der Waals surface area contributed by atoms with E-state index in [1.165, 1.54) is 32.1 Å². The monoisotopic (exact) mass is 541 g/mol. The summed E-state index contributed by atoms with van der Waals surface area (Å²) in [6, 6.07) is 8.52. The molecule has 1 saturated carbocycles. The van der Waals surface area contributed by atoms with Crippen LogP contribution in [0.1, 0.15) is 107 Å². The molecule has 1 unspecified atom stereocenters. The summed E-state index contributed by atoms with van der Waals surface area (Å²) in [4.78, 5) is 14.3. The van der Waals surface area contributed by atoms with E-state index in [2.05, 4.69) is 53.6 Å². The first-order chi connectivity index (χ1) is 18.0. The highest BCUT2D eigenvalue weighted by Crippen LogP contribution is 2.35. The molecule has 6 nitrogen and oxygen atoms in total. The number of hydrogen-bond donors (Lipinski definition) is 2. The van der Waals surface area contributed by atoms with Gasteiger partial charge in [-0.3, -0.25) is 4.79 Å². The molecule has 1 aliphatic heterocycles. The molecule has 0 bridgehead atoms. The van der Waals surface area contributed by atoms with Crippen molar-refractivity contribution in [3.63, 3.8) is 0 Å². The molecule has 1 saturated heterocycles. The van der Waals surface area contributed by atoms with Crippen LogP contribution in [0, 0.1) is 12.8 Å². The maximum atomic E-state index is 13.5. The van der Waals surface area contributed by atoms with E-state index in [0.29, 0.717) is 19.1 Å². The van der Waals surface area contributed by atoms with Gasteiger partial charge in [0.05, 0.1) is 22.5 Å². The quantitative estimate of drug-likeness (QED) is 0.375. The lowest BCUT2D eigenvalue weighted by Crippen LogP contribution is -2.40. The second-order valence-corrected chi connectivity index (χ2v) is 13.7. The molecule has 7 heteroatoms. The van der Waals surface area contributed by atoms with Crippen molar-refractivity contribution in [3.8, 4) is 11.3 Å². The number of nitrogens with zero attached hydrogens (tertiary/aromatic N) is 1. The van der Waals surface area contributed by atoms with E-state index in [9.17, 15) is 9.35 Å². The third-order valence-corrected chi connectivity index (χ3v) is 9.43. The average Bonchev–Trinajstić information content (AvgIpc) is 3.19. The molecule has 1 aliphatic carbocycles. The SMILES string of the molecule is Cc1c(C(=O)NC2CCOCC2)cc(-c2ccc([S+]([O-])NC(C)(C)C)c(C(C)C)c2)n1CC1CCCCC1. The molecule has 38 heavy (non-hydrogen) atoms. The first-order valence-corrected chi connectivity index (χ1v) is 15.6. The molecule has 1 aromatic carbocycles. The number of amides is 1. The Kier molecular flexibility index (Phi) is 9.67. The zero-order chi connectivity index (χ0) is 27.4. The molecule has 210 valence electrons. The third kappa shape index (κ3) is 7.23. The van der Waals surface area contributed by atoms with Gasteiger partial charge in [-0.05, 0) is 95.0 Å². The molecule has 1 aromatic heterocycles. The second kappa shape index (κ2) is 12.6. The van der Waals surface area contributed by atoms with E-state index in [1.54, 1.807) is 0 Å². The summed E-state index contributed by atoms with van der Waals surface area (Å²) in [6.45, 7) is 14.8. The third-order valence-electron chi connectivity index (χ3n) is 7.86. The zero-order valence-electron chi connectivity index (χ0n) is 24.2. The fraction of sp³-hybridized carbons (Fsp3) is 0.645. The largest absolute Gasteiger partial charge is 0.593 e. The maximum Gasteiger partial charge on any atom is 0.253 e. The van der Waals surface area contributed by atoms with Crippen molar-refractivity contribution in [2.75, 3.05) is 13.2 Å². The van der Waals surface area contributed by atoms with E-state index in [0.717, 1.165) is 52.4 Å². The van der Waals surface area contributed by atoms with Gasteiger partial charge in [0.2, 0.25) is 0 Å². The van der Waals surface area contributed by atoms with Gasteiger partial charge < -0.3 is 19.2 Å². The summed E-state index contributed by atoms with van der Waals surface area (Å²) in [7, 11) is 0. The van der Waals surface area contributed by atoms with Crippen molar-refractivity contribution in [1.29, 1.82) is 0 Å². The Morgan fingerprint density at radius 3 is 2.42 bits per heavy atom. The van der Waals surface area contributed by atoms with Gasteiger partial charge in [0.1, 0.15) is 0 Å². The lowest BCUT2D eigenvalue weighted by Gasteiger charge is -2.25. The fourth-order valence-corrected chi connectivity index (χ4v) is 7.11. The van der Waals surface area contributed by atoms with Crippen LogP contribution < -0.4 is 10.0 Å². The number of aromatic nitrogens is 1. The number of carbonyl (C=O) groups is 1. The van der Waals surface area contributed by atoms with E-state index in [-0.39, 0.29) is 23.4 Å². The van der Waals surface area contributed by atoms with Crippen LogP contribution in [0.15, 0.2) is 29.2 Å². The predicted molar refractivity (Wildman–Crippen MR) is 156 cm³/mol. The summed E-state index contributed by atoms with van der Waals surface area (Å²) < 4.78 is 24.3. The van der Waals surface area contributed by atoms with Crippen LogP contribution in [0.5, 0.6) is 0 Å². The highest BCUT2D eigenvalue weighted by molar-refractivity contribution is 7.89. The highest BCUT2D eigenvalue weighted by Gasteiger charge is 2.27. The Hall–Kier alpha value is -1.80. The van der Waals surface area contributed by atoms with Crippen molar-refractivity contribution in [2.24, 2.45) is 5.92 Å². The lowest BCUT2D eigenvalue weighted by atomic mass is 9.89. The minimum absolute atomic E-state index is 0.00854. The number of ether oxygens (including phenoxy) is 1. The molecule has 2 fully saturated rings. The summed E-state index contributed by atoms with van der Waals surface area (Å²) >= 11 is -1.30. The Bertz CT molecular complexity index is 1090. The molecule has 0 spiro atoms. The Morgan fingerprint density at radius 2 is 1.79 bits per heavy atom. The molecule has 2 aliphatic rings. The predicted octanol–water partition coefficient (Wildman–Crippen LogP) is 6.49. The summed E-state index contributed by atoms with van der Waals surface area (Å²) in [5.74, 6) is 0.858. The van der Waals surface area contributed by atoms with E-state index in [1.807, 2.05) is 26.8 Å². The zero-order valence-corrected chi connectivity index (χ0v) is 25.0. The highest BCUT2D eigenvalue weighted by atomic mass is 32.2. The molecule has 2 N–H and O–H groups in total. The minimum Gasteiger partial charge on any atom is -0.593 e.